The van der Waals surface area contributed by atoms with Gasteiger partial charge in [0.15, 0.2) is 0 Å². The van der Waals surface area contributed by atoms with Gasteiger partial charge in [-0.2, -0.15) is 0 Å². The first-order valence-electron chi connectivity index (χ1n) is 11.0. The van der Waals surface area contributed by atoms with Gasteiger partial charge in [0, 0.05) is 50.0 Å². The van der Waals surface area contributed by atoms with Crippen molar-refractivity contribution < 1.29 is 14.3 Å². The summed E-state index contributed by atoms with van der Waals surface area (Å²) in [6.07, 6.45) is 5.46. The van der Waals surface area contributed by atoms with Crippen LogP contribution >= 0.6 is 0 Å². The van der Waals surface area contributed by atoms with Crippen LogP contribution in [0.5, 0.6) is 5.75 Å². The molecule has 0 aliphatic carbocycles. The van der Waals surface area contributed by atoms with E-state index in [2.05, 4.69) is 22.5 Å². The lowest BCUT2D eigenvalue weighted by Crippen LogP contribution is -2.25. The van der Waals surface area contributed by atoms with Crippen molar-refractivity contribution in [2.75, 3.05) is 30.9 Å². The van der Waals surface area contributed by atoms with Crippen LogP contribution in [-0.4, -0.2) is 37.5 Å². The normalized spacial score (nSPS) is 10.4. The number of carbonyl (C=O) groups excluding carboxylic acids is 2. The number of aromatic nitrogens is 1. The number of hydrogen-bond acceptors (Lipinski definition) is 5. The summed E-state index contributed by atoms with van der Waals surface area (Å²) in [5.74, 6) is 0.254. The number of unbranched alkanes of at least 4 members (excludes halogenated alkanes) is 1. The second-order valence-corrected chi connectivity index (χ2v) is 7.85. The molecule has 172 valence electrons. The van der Waals surface area contributed by atoms with Crippen LogP contribution in [0.2, 0.25) is 0 Å². The van der Waals surface area contributed by atoms with Gasteiger partial charge in [-0.1, -0.05) is 19.4 Å². The number of benzene rings is 2. The highest BCUT2D eigenvalue weighted by molar-refractivity contribution is 6.06. The third kappa shape index (κ3) is 6.80. The minimum absolute atomic E-state index is 0.229. The van der Waals surface area contributed by atoms with Gasteiger partial charge in [-0.25, -0.2) is 0 Å². The van der Waals surface area contributed by atoms with Gasteiger partial charge >= 0.3 is 0 Å². The van der Waals surface area contributed by atoms with E-state index in [4.69, 9.17) is 4.74 Å². The quantitative estimate of drug-likeness (QED) is 0.448. The lowest BCUT2D eigenvalue weighted by atomic mass is 10.1. The van der Waals surface area contributed by atoms with E-state index in [-0.39, 0.29) is 11.8 Å². The van der Waals surface area contributed by atoms with Gasteiger partial charge in [-0.3, -0.25) is 14.6 Å². The molecule has 0 atom stereocenters. The summed E-state index contributed by atoms with van der Waals surface area (Å²) in [6, 6.07) is 16.1. The molecule has 33 heavy (non-hydrogen) atoms. The molecule has 0 radical (unpaired) electrons. The van der Waals surface area contributed by atoms with Crippen LogP contribution in [0, 0.1) is 0 Å². The van der Waals surface area contributed by atoms with Gasteiger partial charge in [-0.05, 0) is 60.5 Å². The zero-order valence-electron chi connectivity index (χ0n) is 19.3. The molecule has 2 N–H and O–H groups in total. The molecule has 3 aromatic rings. The summed E-state index contributed by atoms with van der Waals surface area (Å²) in [4.78, 5) is 31.6. The minimum atomic E-state index is -0.255. The second kappa shape index (κ2) is 11.7. The number of nitrogens with one attached hydrogen (secondary N) is 2. The molecule has 0 spiro atoms. The van der Waals surface area contributed by atoms with Crippen LogP contribution in [0.25, 0.3) is 0 Å². The van der Waals surface area contributed by atoms with Crippen molar-refractivity contribution in [2.24, 2.45) is 0 Å². The van der Waals surface area contributed by atoms with Gasteiger partial charge in [0.05, 0.1) is 12.2 Å². The van der Waals surface area contributed by atoms with E-state index in [1.54, 1.807) is 48.8 Å². The molecule has 0 bridgehead atoms. The maximum absolute atomic E-state index is 12.9. The van der Waals surface area contributed by atoms with E-state index in [0.717, 1.165) is 29.8 Å². The van der Waals surface area contributed by atoms with Crippen molar-refractivity contribution in [1.82, 2.24) is 10.3 Å². The molecule has 0 saturated heterocycles. The average Bonchev–Trinajstić information content (AvgIpc) is 2.83. The maximum atomic E-state index is 12.9. The lowest BCUT2D eigenvalue weighted by molar-refractivity contribution is 0.0950. The number of ether oxygens (including phenoxy) is 1. The number of rotatable bonds is 10. The number of anilines is 2. The second-order valence-electron chi connectivity index (χ2n) is 7.85. The highest BCUT2D eigenvalue weighted by Crippen LogP contribution is 2.24. The SMILES string of the molecule is CCCCOc1ccc(C(=O)Nc2ccc(N(C)C)c(C(=O)NCc3cccnc3)c2)cc1. The number of carbonyl (C=O) groups is 2. The van der Waals surface area contributed by atoms with E-state index in [9.17, 15) is 9.59 Å². The number of pyridine rings is 1. The van der Waals surface area contributed by atoms with E-state index in [1.165, 1.54) is 0 Å². The van der Waals surface area contributed by atoms with Gasteiger partial charge in [0.25, 0.3) is 11.8 Å². The Balaban J connectivity index is 1.70. The Morgan fingerprint density at radius 3 is 2.48 bits per heavy atom. The molecule has 7 heteroatoms. The number of nitrogens with zero attached hydrogens (tertiary/aromatic N) is 2. The predicted molar refractivity (Wildman–Crippen MR) is 131 cm³/mol. The van der Waals surface area contributed by atoms with Crippen LogP contribution in [0.1, 0.15) is 46.0 Å². The number of amides is 2. The Morgan fingerprint density at radius 1 is 1.03 bits per heavy atom. The average molecular weight is 447 g/mol. The monoisotopic (exact) mass is 446 g/mol. The molecule has 2 aromatic carbocycles. The van der Waals surface area contributed by atoms with Gasteiger partial charge in [0.1, 0.15) is 5.75 Å². The van der Waals surface area contributed by atoms with Crippen molar-refractivity contribution in [1.29, 1.82) is 0 Å². The lowest BCUT2D eigenvalue weighted by Gasteiger charge is -2.18. The summed E-state index contributed by atoms with van der Waals surface area (Å²) < 4.78 is 5.65. The molecule has 2 amide bonds. The highest BCUT2D eigenvalue weighted by atomic mass is 16.5. The molecule has 0 unspecified atom stereocenters. The smallest absolute Gasteiger partial charge is 0.255 e. The number of hydrogen-bond donors (Lipinski definition) is 2. The molecule has 1 heterocycles. The Hall–Kier alpha value is -3.87. The first-order valence-corrected chi connectivity index (χ1v) is 11.0. The van der Waals surface area contributed by atoms with E-state index < -0.39 is 0 Å². The van der Waals surface area contributed by atoms with Gasteiger partial charge in [0.2, 0.25) is 0 Å². The Kier molecular flexibility index (Phi) is 8.41. The summed E-state index contributed by atoms with van der Waals surface area (Å²) in [5.41, 5.74) is 3.19. The summed E-state index contributed by atoms with van der Waals surface area (Å²) in [5, 5.41) is 5.79. The summed E-state index contributed by atoms with van der Waals surface area (Å²) >= 11 is 0. The van der Waals surface area contributed by atoms with Crippen LogP contribution in [-0.2, 0) is 6.54 Å². The predicted octanol–water partition coefficient (Wildman–Crippen LogP) is 4.51. The fourth-order valence-electron chi connectivity index (χ4n) is 3.21. The summed E-state index contributed by atoms with van der Waals surface area (Å²) in [6.45, 7) is 3.13. The van der Waals surface area contributed by atoms with E-state index in [0.29, 0.717) is 30.0 Å². The minimum Gasteiger partial charge on any atom is -0.494 e. The molecule has 0 aliphatic rings. The van der Waals surface area contributed by atoms with Crippen molar-refractivity contribution >= 4 is 23.2 Å². The molecule has 1 aromatic heterocycles. The Labute approximate surface area is 194 Å². The fraction of sp³-hybridized carbons (Fsp3) is 0.269. The van der Waals surface area contributed by atoms with Crippen LogP contribution < -0.4 is 20.3 Å². The molecular formula is C26H30N4O3. The van der Waals surface area contributed by atoms with Crippen molar-refractivity contribution in [3.05, 3.63) is 83.7 Å². The molecule has 0 aliphatic heterocycles. The molecule has 0 fully saturated rings. The molecule has 3 rings (SSSR count). The topological polar surface area (TPSA) is 83.6 Å². The molecule has 7 nitrogen and oxygen atoms in total. The van der Waals surface area contributed by atoms with E-state index >= 15 is 0 Å². The standard InChI is InChI=1S/C26H30N4O3/c1-4-5-15-33-22-11-8-20(9-12-22)25(31)29-21-10-13-24(30(2)3)23(16-21)26(32)28-18-19-7-6-14-27-17-19/h6-14,16-17H,4-5,15,18H2,1-3H3,(H,28,32)(H,29,31). The fourth-order valence-corrected chi connectivity index (χ4v) is 3.21. The van der Waals surface area contributed by atoms with Crippen molar-refractivity contribution in [3.8, 4) is 5.75 Å². The zero-order valence-corrected chi connectivity index (χ0v) is 19.3. The summed E-state index contributed by atoms with van der Waals surface area (Å²) in [7, 11) is 3.74. The zero-order chi connectivity index (χ0) is 23.6. The Bertz CT molecular complexity index is 1070. The van der Waals surface area contributed by atoms with Crippen LogP contribution in [0.3, 0.4) is 0 Å². The maximum Gasteiger partial charge on any atom is 0.255 e. The third-order valence-electron chi connectivity index (χ3n) is 5.04. The molecular weight excluding hydrogens is 416 g/mol. The first kappa shape index (κ1) is 23.8. The molecule has 0 saturated carbocycles. The van der Waals surface area contributed by atoms with Crippen LogP contribution in [0.15, 0.2) is 67.0 Å². The van der Waals surface area contributed by atoms with Crippen molar-refractivity contribution in [3.63, 3.8) is 0 Å². The highest BCUT2D eigenvalue weighted by Gasteiger charge is 2.15. The third-order valence-corrected chi connectivity index (χ3v) is 5.04. The van der Waals surface area contributed by atoms with Gasteiger partial charge in [-0.15, -0.1) is 0 Å². The van der Waals surface area contributed by atoms with Gasteiger partial charge < -0.3 is 20.3 Å². The first-order chi connectivity index (χ1) is 16.0. The van der Waals surface area contributed by atoms with Crippen molar-refractivity contribution in [2.45, 2.75) is 26.3 Å². The largest absolute Gasteiger partial charge is 0.494 e. The van der Waals surface area contributed by atoms with Crippen LogP contribution in [0.4, 0.5) is 11.4 Å². The Morgan fingerprint density at radius 2 is 1.82 bits per heavy atom. The van der Waals surface area contributed by atoms with E-state index in [1.807, 2.05) is 37.2 Å².